The highest BCUT2D eigenvalue weighted by atomic mass is 16.3. The van der Waals surface area contributed by atoms with Crippen LogP contribution in [0.25, 0.3) is 0 Å². The predicted molar refractivity (Wildman–Crippen MR) is 50.3 cm³/mol. The summed E-state index contributed by atoms with van der Waals surface area (Å²) in [6, 6.07) is 0. The van der Waals surface area contributed by atoms with Crippen molar-refractivity contribution in [1.29, 1.82) is 0 Å². The SMILES string of the molecule is C[C@]12CC[C@H](O)C[C@H]1CCCC2=O. The van der Waals surface area contributed by atoms with Gasteiger partial charge in [-0.25, -0.2) is 0 Å². The molecule has 2 nitrogen and oxygen atoms in total. The predicted octanol–water partition coefficient (Wildman–Crippen LogP) is 1.91. The van der Waals surface area contributed by atoms with Crippen molar-refractivity contribution in [2.75, 3.05) is 0 Å². The van der Waals surface area contributed by atoms with Crippen LogP contribution in [0.1, 0.15) is 45.4 Å². The van der Waals surface area contributed by atoms with Gasteiger partial charge in [0.1, 0.15) is 5.78 Å². The van der Waals surface area contributed by atoms with Gasteiger partial charge in [0.15, 0.2) is 0 Å². The van der Waals surface area contributed by atoms with Crippen molar-refractivity contribution in [1.82, 2.24) is 0 Å². The summed E-state index contributed by atoms with van der Waals surface area (Å²) in [4.78, 5) is 11.8. The highest BCUT2D eigenvalue weighted by Crippen LogP contribution is 2.47. The minimum absolute atomic E-state index is 0.0858. The Kier molecular flexibility index (Phi) is 2.18. The van der Waals surface area contributed by atoms with Gasteiger partial charge in [0.25, 0.3) is 0 Å². The van der Waals surface area contributed by atoms with Crippen LogP contribution in [0.5, 0.6) is 0 Å². The van der Waals surface area contributed by atoms with Crippen LogP contribution in [0.3, 0.4) is 0 Å². The lowest BCUT2D eigenvalue weighted by molar-refractivity contribution is -0.138. The van der Waals surface area contributed by atoms with Gasteiger partial charge < -0.3 is 5.11 Å². The maximum Gasteiger partial charge on any atom is 0.139 e. The number of Topliss-reactive ketones (excluding diaryl/α,β-unsaturated/α-hetero) is 1. The first-order chi connectivity index (χ1) is 6.13. The molecule has 0 unspecified atom stereocenters. The van der Waals surface area contributed by atoms with Crippen LogP contribution < -0.4 is 0 Å². The van der Waals surface area contributed by atoms with Crippen LogP contribution in [0.4, 0.5) is 0 Å². The zero-order valence-corrected chi connectivity index (χ0v) is 8.25. The van der Waals surface area contributed by atoms with Gasteiger partial charge in [-0.1, -0.05) is 6.92 Å². The molecule has 2 aliphatic rings. The van der Waals surface area contributed by atoms with E-state index < -0.39 is 0 Å². The molecule has 0 aromatic heterocycles. The van der Waals surface area contributed by atoms with Gasteiger partial charge in [0, 0.05) is 11.8 Å². The summed E-state index contributed by atoms with van der Waals surface area (Å²) in [5, 5.41) is 9.54. The van der Waals surface area contributed by atoms with Crippen molar-refractivity contribution < 1.29 is 9.90 Å². The Morgan fingerprint density at radius 3 is 3.00 bits per heavy atom. The van der Waals surface area contributed by atoms with Gasteiger partial charge >= 0.3 is 0 Å². The molecule has 0 spiro atoms. The summed E-state index contributed by atoms with van der Waals surface area (Å²) in [5.74, 6) is 0.896. The molecule has 2 fully saturated rings. The second kappa shape index (κ2) is 3.09. The first kappa shape index (κ1) is 9.20. The van der Waals surface area contributed by atoms with Crippen molar-refractivity contribution in [3.63, 3.8) is 0 Å². The van der Waals surface area contributed by atoms with E-state index in [0.717, 1.165) is 38.5 Å². The molecule has 0 amide bonds. The number of ketones is 1. The van der Waals surface area contributed by atoms with Crippen molar-refractivity contribution in [2.24, 2.45) is 11.3 Å². The quantitative estimate of drug-likeness (QED) is 0.621. The van der Waals surface area contributed by atoms with Gasteiger partial charge in [-0.3, -0.25) is 4.79 Å². The van der Waals surface area contributed by atoms with Crippen molar-refractivity contribution >= 4 is 5.78 Å². The molecule has 13 heavy (non-hydrogen) atoms. The Morgan fingerprint density at radius 1 is 1.46 bits per heavy atom. The maximum atomic E-state index is 11.8. The molecule has 2 heteroatoms. The Balaban J connectivity index is 2.18. The average molecular weight is 182 g/mol. The number of hydrogen-bond acceptors (Lipinski definition) is 2. The molecule has 0 radical (unpaired) electrons. The summed E-state index contributed by atoms with van der Waals surface area (Å²) in [5.41, 5.74) is -0.0858. The molecule has 0 heterocycles. The first-order valence-corrected chi connectivity index (χ1v) is 5.34. The fourth-order valence-electron chi connectivity index (χ4n) is 2.98. The lowest BCUT2D eigenvalue weighted by atomic mass is 9.59. The van der Waals surface area contributed by atoms with Gasteiger partial charge in [-0.15, -0.1) is 0 Å². The van der Waals surface area contributed by atoms with E-state index in [9.17, 15) is 9.90 Å². The second-order valence-corrected chi connectivity index (χ2v) is 4.86. The summed E-state index contributed by atoms with van der Waals surface area (Å²) >= 11 is 0. The Bertz CT molecular complexity index is 224. The van der Waals surface area contributed by atoms with Crippen molar-refractivity contribution in [3.05, 3.63) is 0 Å². The lowest BCUT2D eigenvalue weighted by Crippen LogP contribution is -2.44. The van der Waals surface area contributed by atoms with Crippen LogP contribution in [-0.2, 0) is 4.79 Å². The average Bonchev–Trinajstić information content (AvgIpc) is 2.09. The van der Waals surface area contributed by atoms with E-state index in [4.69, 9.17) is 0 Å². The van der Waals surface area contributed by atoms with Crippen LogP contribution >= 0.6 is 0 Å². The monoisotopic (exact) mass is 182 g/mol. The van der Waals surface area contributed by atoms with Gasteiger partial charge in [-0.2, -0.15) is 0 Å². The number of aliphatic hydroxyl groups is 1. The van der Waals surface area contributed by atoms with E-state index in [2.05, 4.69) is 6.92 Å². The highest BCUT2D eigenvalue weighted by Gasteiger charge is 2.46. The minimum atomic E-state index is -0.149. The minimum Gasteiger partial charge on any atom is -0.393 e. The molecular formula is C11H18O2. The standard InChI is InChI=1S/C11H18O2/c1-11-6-5-9(12)7-8(11)3-2-4-10(11)13/h8-9,12H,2-7H2,1H3/t8-,9+,11+/m1/s1. The molecule has 0 bridgehead atoms. The van der Waals surface area contributed by atoms with Crippen LogP contribution in [-0.4, -0.2) is 17.0 Å². The van der Waals surface area contributed by atoms with E-state index in [1.54, 1.807) is 0 Å². The number of rotatable bonds is 0. The van der Waals surface area contributed by atoms with E-state index in [0.29, 0.717) is 11.7 Å². The summed E-state index contributed by atoms with van der Waals surface area (Å²) in [6.45, 7) is 2.10. The van der Waals surface area contributed by atoms with Crippen molar-refractivity contribution in [2.45, 2.75) is 51.6 Å². The highest BCUT2D eigenvalue weighted by molar-refractivity contribution is 5.85. The van der Waals surface area contributed by atoms with E-state index in [-0.39, 0.29) is 11.5 Å². The Hall–Kier alpha value is -0.370. The van der Waals surface area contributed by atoms with Gasteiger partial charge in [-0.05, 0) is 38.0 Å². The Labute approximate surface area is 79.3 Å². The summed E-state index contributed by atoms with van der Waals surface area (Å²) in [6.07, 6.45) is 5.36. The zero-order chi connectivity index (χ0) is 9.47. The number of carbonyl (C=O) groups excluding carboxylic acids is 1. The van der Waals surface area contributed by atoms with E-state index in [1.165, 1.54) is 0 Å². The molecule has 0 aromatic rings. The molecule has 2 aliphatic carbocycles. The molecule has 1 N–H and O–H groups in total. The topological polar surface area (TPSA) is 37.3 Å². The van der Waals surface area contributed by atoms with E-state index in [1.807, 2.05) is 0 Å². The lowest BCUT2D eigenvalue weighted by Gasteiger charge is -2.45. The molecule has 0 aromatic carbocycles. The van der Waals surface area contributed by atoms with Crippen LogP contribution in [0, 0.1) is 11.3 Å². The number of carbonyl (C=O) groups is 1. The maximum absolute atomic E-state index is 11.8. The van der Waals surface area contributed by atoms with E-state index >= 15 is 0 Å². The van der Waals surface area contributed by atoms with Crippen LogP contribution in [0.2, 0.25) is 0 Å². The largest absolute Gasteiger partial charge is 0.393 e. The number of hydrogen-bond donors (Lipinski definition) is 1. The third-order valence-electron chi connectivity index (χ3n) is 4.05. The molecule has 3 atom stereocenters. The molecular weight excluding hydrogens is 164 g/mol. The molecule has 2 rings (SSSR count). The first-order valence-electron chi connectivity index (χ1n) is 5.34. The summed E-state index contributed by atoms with van der Waals surface area (Å²) in [7, 11) is 0. The third kappa shape index (κ3) is 1.41. The number of aliphatic hydroxyl groups excluding tert-OH is 1. The van der Waals surface area contributed by atoms with Gasteiger partial charge in [0.2, 0.25) is 0 Å². The smallest absolute Gasteiger partial charge is 0.139 e. The second-order valence-electron chi connectivity index (χ2n) is 4.86. The van der Waals surface area contributed by atoms with Crippen molar-refractivity contribution in [3.8, 4) is 0 Å². The Morgan fingerprint density at radius 2 is 2.23 bits per heavy atom. The molecule has 2 saturated carbocycles. The zero-order valence-electron chi connectivity index (χ0n) is 8.25. The summed E-state index contributed by atoms with van der Waals surface area (Å²) < 4.78 is 0. The molecule has 0 saturated heterocycles. The third-order valence-corrected chi connectivity index (χ3v) is 4.05. The van der Waals surface area contributed by atoms with Crippen LogP contribution in [0.15, 0.2) is 0 Å². The fourth-order valence-corrected chi connectivity index (χ4v) is 2.98. The number of fused-ring (bicyclic) bond motifs is 1. The van der Waals surface area contributed by atoms with Gasteiger partial charge in [0.05, 0.1) is 6.10 Å². The molecule has 74 valence electrons. The normalized spacial score (nSPS) is 45.8. The fraction of sp³-hybridized carbons (Fsp3) is 0.909. The molecule has 0 aliphatic heterocycles.